The Morgan fingerprint density at radius 2 is 2.04 bits per heavy atom. The normalized spacial score (nSPS) is 11.8. The van der Waals surface area contributed by atoms with Gasteiger partial charge in [0.2, 0.25) is 0 Å². The molecule has 0 atom stereocenters. The first-order valence-corrected chi connectivity index (χ1v) is 8.20. The van der Waals surface area contributed by atoms with Crippen LogP contribution in [0.3, 0.4) is 0 Å². The fourth-order valence-electron chi connectivity index (χ4n) is 2.51. The number of aromatic nitrogens is 2. The Labute approximate surface area is 145 Å². The topological polar surface area (TPSA) is 46.9 Å². The summed E-state index contributed by atoms with van der Waals surface area (Å²) in [4.78, 5) is 12.2. The highest BCUT2D eigenvalue weighted by Gasteiger charge is 2.30. The molecule has 0 fully saturated rings. The van der Waals surface area contributed by atoms with Crippen molar-refractivity contribution < 1.29 is 18.0 Å². The molecule has 0 spiro atoms. The molecule has 0 radical (unpaired) electrons. The van der Waals surface area contributed by atoms with Crippen LogP contribution in [-0.4, -0.2) is 22.2 Å². The number of rotatable bonds is 6. The fourth-order valence-corrected chi connectivity index (χ4v) is 2.51. The largest absolute Gasteiger partial charge is 0.416 e. The van der Waals surface area contributed by atoms with Crippen molar-refractivity contribution in [3.05, 3.63) is 47.3 Å². The highest BCUT2D eigenvalue weighted by atomic mass is 19.4. The molecule has 25 heavy (non-hydrogen) atoms. The van der Waals surface area contributed by atoms with Crippen LogP contribution in [0, 0.1) is 12.8 Å². The molecule has 0 saturated heterocycles. The van der Waals surface area contributed by atoms with Crippen LogP contribution < -0.4 is 5.32 Å². The van der Waals surface area contributed by atoms with E-state index in [2.05, 4.69) is 24.3 Å². The molecular weight excluding hydrogens is 331 g/mol. The van der Waals surface area contributed by atoms with Gasteiger partial charge in [0.15, 0.2) is 0 Å². The Hall–Kier alpha value is -2.31. The fraction of sp³-hybridized carbons (Fsp3) is 0.444. The number of alkyl halides is 3. The summed E-state index contributed by atoms with van der Waals surface area (Å²) in [5, 5.41) is 6.90. The van der Waals surface area contributed by atoms with E-state index in [1.807, 2.05) is 0 Å². The van der Waals surface area contributed by atoms with E-state index in [9.17, 15) is 18.0 Å². The van der Waals surface area contributed by atoms with Crippen LogP contribution >= 0.6 is 0 Å². The maximum Gasteiger partial charge on any atom is 0.416 e. The molecule has 0 bridgehead atoms. The van der Waals surface area contributed by atoms with Gasteiger partial charge in [-0.25, -0.2) is 4.68 Å². The van der Waals surface area contributed by atoms with Crippen LogP contribution in [0.15, 0.2) is 30.5 Å². The van der Waals surface area contributed by atoms with Gasteiger partial charge < -0.3 is 5.32 Å². The van der Waals surface area contributed by atoms with Gasteiger partial charge in [0.1, 0.15) is 0 Å². The highest BCUT2D eigenvalue weighted by molar-refractivity contribution is 5.95. The van der Waals surface area contributed by atoms with E-state index in [0.717, 1.165) is 25.0 Å². The van der Waals surface area contributed by atoms with Crippen molar-refractivity contribution in [1.82, 2.24) is 15.1 Å². The lowest BCUT2D eigenvalue weighted by Crippen LogP contribution is -2.25. The van der Waals surface area contributed by atoms with E-state index in [1.165, 1.54) is 23.0 Å². The van der Waals surface area contributed by atoms with Gasteiger partial charge in [0, 0.05) is 6.54 Å². The van der Waals surface area contributed by atoms with Gasteiger partial charge in [0.05, 0.1) is 28.7 Å². The molecule has 1 aromatic carbocycles. The summed E-state index contributed by atoms with van der Waals surface area (Å²) < 4.78 is 39.9. The number of carbonyl (C=O) groups is 1. The SMILES string of the molecule is Cc1c(C(=O)NCCCC(C)C)cnn1-c1cccc(C(F)(F)F)c1. The summed E-state index contributed by atoms with van der Waals surface area (Å²) >= 11 is 0. The second-order valence-electron chi connectivity index (χ2n) is 6.40. The zero-order valence-electron chi connectivity index (χ0n) is 14.5. The smallest absolute Gasteiger partial charge is 0.352 e. The van der Waals surface area contributed by atoms with Crippen LogP contribution in [0.25, 0.3) is 5.69 Å². The molecule has 0 unspecified atom stereocenters. The predicted octanol–water partition coefficient (Wildman–Crippen LogP) is 4.37. The third kappa shape index (κ3) is 4.84. The van der Waals surface area contributed by atoms with Gasteiger partial charge in [-0.1, -0.05) is 19.9 Å². The van der Waals surface area contributed by atoms with E-state index < -0.39 is 11.7 Å². The molecule has 1 aromatic heterocycles. The number of nitrogens with one attached hydrogen (secondary N) is 1. The number of hydrogen-bond acceptors (Lipinski definition) is 2. The molecule has 0 saturated carbocycles. The zero-order chi connectivity index (χ0) is 18.6. The molecular formula is C18H22F3N3O. The second kappa shape index (κ2) is 7.72. The van der Waals surface area contributed by atoms with Crippen molar-refractivity contribution in [2.45, 2.75) is 39.8 Å². The maximum atomic E-state index is 12.9. The summed E-state index contributed by atoms with van der Waals surface area (Å²) in [5.74, 6) is 0.307. The van der Waals surface area contributed by atoms with E-state index in [0.29, 0.717) is 23.7 Å². The molecule has 2 rings (SSSR count). The van der Waals surface area contributed by atoms with Crippen molar-refractivity contribution in [3.63, 3.8) is 0 Å². The average Bonchev–Trinajstić information content (AvgIpc) is 2.92. The lowest BCUT2D eigenvalue weighted by Gasteiger charge is -2.10. The third-order valence-electron chi connectivity index (χ3n) is 3.92. The molecule has 7 heteroatoms. The van der Waals surface area contributed by atoms with E-state index >= 15 is 0 Å². The molecule has 1 N–H and O–H groups in total. The summed E-state index contributed by atoms with van der Waals surface area (Å²) in [6.07, 6.45) is -1.14. The first-order valence-electron chi connectivity index (χ1n) is 8.20. The molecule has 2 aromatic rings. The molecule has 4 nitrogen and oxygen atoms in total. The Morgan fingerprint density at radius 1 is 1.32 bits per heavy atom. The summed E-state index contributed by atoms with van der Waals surface area (Å²) in [6.45, 7) is 6.46. The average molecular weight is 353 g/mol. The van der Waals surface area contributed by atoms with Gasteiger partial charge >= 0.3 is 6.18 Å². The van der Waals surface area contributed by atoms with Crippen LogP contribution in [-0.2, 0) is 6.18 Å². The standard InChI is InChI=1S/C18H22F3N3O/c1-12(2)6-5-9-22-17(25)16-11-23-24(13(16)3)15-8-4-7-14(10-15)18(19,20)21/h4,7-8,10-12H,5-6,9H2,1-3H3,(H,22,25). The summed E-state index contributed by atoms with van der Waals surface area (Å²) in [5.41, 5.74) is 0.383. The molecule has 136 valence electrons. The number of nitrogens with zero attached hydrogens (tertiary/aromatic N) is 2. The second-order valence-corrected chi connectivity index (χ2v) is 6.40. The van der Waals surface area contributed by atoms with Gasteiger partial charge in [-0.05, 0) is 43.9 Å². The Morgan fingerprint density at radius 3 is 2.68 bits per heavy atom. The quantitative estimate of drug-likeness (QED) is 0.784. The first-order chi connectivity index (χ1) is 11.7. The Balaban J connectivity index is 2.14. The molecule has 1 amide bonds. The van der Waals surface area contributed by atoms with Crippen LogP contribution in [0.4, 0.5) is 13.2 Å². The number of halogens is 3. The minimum absolute atomic E-state index is 0.264. The van der Waals surface area contributed by atoms with Crippen molar-refractivity contribution in [1.29, 1.82) is 0 Å². The first kappa shape index (κ1) is 19.0. The van der Waals surface area contributed by atoms with E-state index in [4.69, 9.17) is 0 Å². The van der Waals surface area contributed by atoms with E-state index in [1.54, 1.807) is 6.92 Å². The van der Waals surface area contributed by atoms with E-state index in [-0.39, 0.29) is 11.6 Å². The Kier molecular flexibility index (Phi) is 5.87. The number of benzene rings is 1. The zero-order valence-corrected chi connectivity index (χ0v) is 14.5. The molecule has 0 aliphatic rings. The number of carbonyl (C=O) groups excluding carboxylic acids is 1. The van der Waals surface area contributed by atoms with Crippen molar-refractivity contribution >= 4 is 5.91 Å². The predicted molar refractivity (Wildman–Crippen MR) is 89.7 cm³/mol. The summed E-state index contributed by atoms with van der Waals surface area (Å²) in [7, 11) is 0. The molecule has 0 aliphatic heterocycles. The van der Waals surface area contributed by atoms with Gasteiger partial charge in [-0.15, -0.1) is 0 Å². The lowest BCUT2D eigenvalue weighted by molar-refractivity contribution is -0.137. The van der Waals surface area contributed by atoms with Crippen molar-refractivity contribution in [3.8, 4) is 5.69 Å². The Bertz CT molecular complexity index is 735. The van der Waals surface area contributed by atoms with Crippen molar-refractivity contribution in [2.24, 2.45) is 5.92 Å². The van der Waals surface area contributed by atoms with Gasteiger partial charge in [-0.3, -0.25) is 4.79 Å². The lowest BCUT2D eigenvalue weighted by atomic mass is 10.1. The summed E-state index contributed by atoms with van der Waals surface area (Å²) in [6, 6.07) is 4.87. The molecule has 0 aliphatic carbocycles. The number of hydrogen-bond donors (Lipinski definition) is 1. The van der Waals surface area contributed by atoms with Crippen LogP contribution in [0.2, 0.25) is 0 Å². The molecule has 1 heterocycles. The monoisotopic (exact) mass is 353 g/mol. The van der Waals surface area contributed by atoms with Gasteiger partial charge in [-0.2, -0.15) is 18.3 Å². The third-order valence-corrected chi connectivity index (χ3v) is 3.92. The van der Waals surface area contributed by atoms with Crippen LogP contribution in [0.5, 0.6) is 0 Å². The van der Waals surface area contributed by atoms with Crippen molar-refractivity contribution in [2.75, 3.05) is 6.54 Å². The highest BCUT2D eigenvalue weighted by Crippen LogP contribution is 2.30. The van der Waals surface area contributed by atoms with Crippen LogP contribution in [0.1, 0.15) is 48.3 Å². The minimum Gasteiger partial charge on any atom is -0.352 e. The maximum absolute atomic E-state index is 12.9. The minimum atomic E-state index is -4.42. The van der Waals surface area contributed by atoms with Gasteiger partial charge in [0.25, 0.3) is 5.91 Å². The number of amides is 1.